The number of nitrogens with zero attached hydrogens (tertiary/aromatic N) is 3. The first kappa shape index (κ1) is 120. The normalized spacial score (nSPS) is 22.7. The first-order chi connectivity index (χ1) is 67.4. The van der Waals surface area contributed by atoms with E-state index in [1.165, 1.54) is 79.7 Å². The van der Waals surface area contributed by atoms with Crippen LogP contribution < -0.4 is 21.3 Å². The predicted octanol–water partition coefficient (Wildman–Crippen LogP) is 18.6. The molecule has 0 radical (unpaired) electrons. The molecule has 0 heterocycles. The molecule has 0 bridgehead atoms. The summed E-state index contributed by atoms with van der Waals surface area (Å²) in [6, 6.07) is 60.6. The number of amides is 4. The molecule has 3 unspecified atom stereocenters. The van der Waals surface area contributed by atoms with Crippen molar-refractivity contribution >= 4 is 55.6 Å². The fourth-order valence-corrected chi connectivity index (χ4v) is 22.5. The van der Waals surface area contributed by atoms with Gasteiger partial charge in [0, 0.05) is 51.7 Å². The molecule has 7 aromatic rings. The van der Waals surface area contributed by atoms with Crippen LogP contribution in [0.25, 0.3) is 0 Å². The van der Waals surface area contributed by atoms with Gasteiger partial charge in [0.25, 0.3) is 0 Å². The molecule has 784 valence electrons. The van der Waals surface area contributed by atoms with Crippen molar-refractivity contribution < 1.29 is 112 Å². The van der Waals surface area contributed by atoms with E-state index < -0.39 is 166 Å². The number of carbonyl (C=O) groups excluding carboxylic acids is 4. The van der Waals surface area contributed by atoms with Crippen LogP contribution in [0.15, 0.2) is 212 Å². The van der Waals surface area contributed by atoms with Crippen molar-refractivity contribution in [3.8, 4) is 0 Å². The molecule has 3 aliphatic rings. The molecule has 141 heavy (non-hydrogen) atoms. The quantitative estimate of drug-likeness (QED) is 0.0106. The topological polar surface area (TPSA) is 367 Å². The van der Waals surface area contributed by atoms with Crippen LogP contribution in [0.3, 0.4) is 0 Å². The van der Waals surface area contributed by atoms with Gasteiger partial charge in [0.1, 0.15) is 24.9 Å². The van der Waals surface area contributed by atoms with Crippen molar-refractivity contribution in [3.05, 3.63) is 251 Å². The van der Waals surface area contributed by atoms with Crippen LogP contribution in [-0.2, 0) is 139 Å². The van der Waals surface area contributed by atoms with Gasteiger partial charge in [-0.25, -0.2) is 18.5 Å². The molecule has 0 aliphatic heterocycles. The zero-order valence-corrected chi connectivity index (χ0v) is 89.9. The number of carbonyl (C=O) groups is 4. The van der Waals surface area contributed by atoms with E-state index in [9.17, 15) is 38.4 Å². The highest BCUT2D eigenvalue weighted by Gasteiger charge is 2.56. The molecule has 31 nitrogen and oxygen atoms in total. The lowest BCUT2D eigenvalue weighted by molar-refractivity contribution is -0.176. The Morgan fingerprint density at radius 3 is 0.837 bits per heavy atom. The number of ether oxygens (including phenoxy) is 7. The van der Waals surface area contributed by atoms with Gasteiger partial charge in [-0.15, -0.1) is 0 Å². The Hall–Kier alpha value is -7.63. The van der Waals surface area contributed by atoms with Gasteiger partial charge in [-0.1, -0.05) is 302 Å². The molecule has 7 aromatic carbocycles. The highest BCUT2D eigenvalue weighted by Crippen LogP contribution is 2.54. The molecule has 4 amide bonds. The predicted molar refractivity (Wildman–Crippen MR) is 551 cm³/mol. The van der Waals surface area contributed by atoms with Crippen molar-refractivity contribution in [2.75, 3.05) is 91.9 Å². The van der Waals surface area contributed by atoms with E-state index >= 15 is 9.13 Å². The Kier molecular flexibility index (Phi) is 53.8. The van der Waals surface area contributed by atoms with Crippen molar-refractivity contribution in [1.82, 2.24) is 36.0 Å². The largest absolute Gasteiger partial charge is 0.472 e. The molecule has 7 N–H and O–H groups in total. The average molecular weight is 2040 g/mol. The fourth-order valence-electron chi connectivity index (χ4n) is 17.1. The summed E-state index contributed by atoms with van der Waals surface area (Å²) in [7, 11) is -18.6. The number of nitrogens with one attached hydrogen (secondary N) is 4. The monoisotopic (exact) mass is 2040 g/mol. The van der Waals surface area contributed by atoms with Crippen molar-refractivity contribution in [3.63, 3.8) is 0 Å². The highest BCUT2D eigenvalue weighted by molar-refractivity contribution is 7.48. The summed E-state index contributed by atoms with van der Waals surface area (Å²) in [5.74, 6) is -4.27. The van der Waals surface area contributed by atoms with Crippen LogP contribution in [0, 0.1) is 23.7 Å². The molecule has 3 aliphatic carbocycles. The summed E-state index contributed by atoms with van der Waals surface area (Å²) >= 11 is 0. The number of alkyl carbamates (subject to hydrolysis) is 1. The zero-order valence-electron chi connectivity index (χ0n) is 86.2. The Bertz CT molecular complexity index is 4740. The Labute approximate surface area is 839 Å². The minimum absolute atomic E-state index is 0.00337. The van der Waals surface area contributed by atoms with Crippen molar-refractivity contribution in [1.29, 1.82) is 0 Å². The molecule has 3 saturated carbocycles. The molecule has 0 spiro atoms. The Morgan fingerprint density at radius 1 is 0.369 bits per heavy atom. The van der Waals surface area contributed by atoms with Gasteiger partial charge >= 0.3 is 29.6 Å². The van der Waals surface area contributed by atoms with Gasteiger partial charge in [-0.05, 0) is 148 Å². The maximum absolute atomic E-state index is 15.4. The van der Waals surface area contributed by atoms with E-state index in [-0.39, 0.29) is 96.0 Å². The van der Waals surface area contributed by atoms with E-state index in [2.05, 4.69) is 139 Å². The third-order valence-electron chi connectivity index (χ3n) is 26.5. The first-order valence-electron chi connectivity index (χ1n) is 49.9. The van der Waals surface area contributed by atoms with Gasteiger partial charge in [-0.3, -0.25) is 41.5 Å². The number of rotatable bonds is 54. The van der Waals surface area contributed by atoms with Crippen LogP contribution in [0.4, 0.5) is 4.79 Å². The summed E-state index contributed by atoms with van der Waals surface area (Å²) in [6.07, 6.45) is -12.5. The van der Waals surface area contributed by atoms with Crippen LogP contribution in [0.5, 0.6) is 0 Å². The fraction of sp³-hybridized carbons (Fsp3) is 0.566. The molecule has 18 atom stereocenters. The average Bonchev–Trinajstić information content (AvgIpc) is 0.777. The van der Waals surface area contributed by atoms with Crippen molar-refractivity contribution in [2.45, 2.75) is 274 Å². The SMILES string of the molecule is CC(=O)N[C@H]1[C@@H](OCc2ccccc2)[C@H](OCc2ccccc2)[C@@H](CO[Si](C)(C)C(C)(C)C(C)C)C[C@@H]1OP(=O)(O)OC[C@H]1C[C@H](OP(=O)(O)OC[C@H]2C[C@H](OP(=O)(O)OCCCNC(=O)OCc3ccccc3)[C@@H](NC(C)=O)[C@@H](OCc3ccccc3)[C@@H]2OCc2ccccc2)[C@@H](NC(C)=O)[C@@H](OCc2ccccc2)[C@@H]1OCc1ccccc1.CCN(CC)CC.CCN(CC)CC.CCN(CC)CC. The van der Waals surface area contributed by atoms with Crippen molar-refractivity contribution in [2.24, 2.45) is 23.7 Å². The maximum Gasteiger partial charge on any atom is 0.472 e. The minimum Gasteiger partial charge on any atom is -0.445 e. The van der Waals surface area contributed by atoms with Gasteiger partial charge in [-0.2, -0.15) is 0 Å². The zero-order chi connectivity index (χ0) is 103. The van der Waals surface area contributed by atoms with E-state index in [0.717, 1.165) is 16.7 Å². The van der Waals surface area contributed by atoms with Gasteiger partial charge in [0.05, 0.1) is 114 Å². The van der Waals surface area contributed by atoms with E-state index in [0.29, 0.717) is 22.3 Å². The number of benzene rings is 7. The van der Waals surface area contributed by atoms with E-state index in [4.69, 9.17) is 64.7 Å². The highest BCUT2D eigenvalue weighted by atomic mass is 31.2. The number of phosphoric acid groups is 3. The molecule has 35 heteroatoms. The smallest absolute Gasteiger partial charge is 0.445 e. The second kappa shape index (κ2) is 63.0. The lowest BCUT2D eigenvalue weighted by atomic mass is 9.79. The van der Waals surface area contributed by atoms with Crippen LogP contribution >= 0.6 is 23.5 Å². The summed E-state index contributed by atoms with van der Waals surface area (Å²) in [5.41, 5.74) is 5.22. The van der Waals surface area contributed by atoms with Crippen LogP contribution in [0.1, 0.15) is 175 Å². The molecule has 3 fully saturated rings. The second-order valence-electron chi connectivity index (χ2n) is 36.9. The summed E-state index contributed by atoms with van der Waals surface area (Å²) in [6.45, 7) is 45.4. The number of hydrogen-bond acceptors (Lipinski definition) is 24. The minimum atomic E-state index is -5.50. The molecular formula is C106H162N7O24P3Si. The summed E-state index contributed by atoms with van der Waals surface area (Å²) in [5, 5.41) is 11.2. The molecule has 0 saturated heterocycles. The standard InChI is InChI=1S/C88H117N4O24P3Si.3C6H15N/c1-61(2)88(6,7)120(8,9)113-60-74-50-77(80(92-64(5)95)86(108-56-70-42-27-15-28-43-70)83(74)105-53-67-36-21-12-22-37-67)116-119(101,102)112-59-73-49-76(79(91-63(4)94)85(107-55-69-40-25-14-26-41-69)82(73)104-52-66-34-19-11-20-35-66)115-118(99,100)111-58-72-48-75(114-117(97,98)110-47-31-46-89-87(96)109-57-71-44-29-16-30-45-71)78(90-62(3)93)84(106-54-68-38-23-13-24-39-68)81(72)103-51-65-32-17-10-18-33-65;3*1-4-7(5-2)6-3/h10-30,32-45,61,72-86H,31,46-60H2,1-9H3,(H,89,96)(H,90,93)(H,91,94)(H,92,95)(H,97,98)(H,99,100)(H,101,102);3*4-6H2,1-3H3/t72-,73-,74-,75+,76+,77+,78-,79-,80-,81-,82-,83-,84-,85-,86-;;;/m1.../s1. The van der Waals surface area contributed by atoms with Gasteiger partial charge < -0.3 is 88.2 Å². The van der Waals surface area contributed by atoms with Crippen LogP contribution in [-0.4, -0.2) is 226 Å². The lowest BCUT2D eigenvalue weighted by Gasteiger charge is -2.48. The third kappa shape index (κ3) is 42.4. The molecule has 10 rings (SSSR count). The van der Waals surface area contributed by atoms with E-state index in [1.54, 1.807) is 24.3 Å². The molecule has 0 aromatic heterocycles. The molecular weight excluding hydrogens is 1880 g/mol. The van der Waals surface area contributed by atoms with Gasteiger partial charge in [0.2, 0.25) is 17.7 Å². The van der Waals surface area contributed by atoms with Crippen LogP contribution in [0.2, 0.25) is 18.1 Å². The lowest BCUT2D eigenvalue weighted by Crippen LogP contribution is -2.63. The Morgan fingerprint density at radius 2 is 0.603 bits per heavy atom. The Balaban J connectivity index is 0.00000115. The second-order valence-corrected chi connectivity index (χ2v) is 45.7. The van der Waals surface area contributed by atoms with E-state index in [1.807, 2.05) is 188 Å². The summed E-state index contributed by atoms with van der Waals surface area (Å²) in [4.78, 5) is 97.2. The number of phosphoric ester groups is 3. The van der Waals surface area contributed by atoms with Gasteiger partial charge in [0.15, 0.2) is 8.32 Å². The third-order valence-corrected chi connectivity index (χ3v) is 34.1. The summed E-state index contributed by atoms with van der Waals surface area (Å²) < 4.78 is 135. The first-order valence-corrected chi connectivity index (χ1v) is 57.3. The maximum atomic E-state index is 15.4. The number of hydrogen-bond donors (Lipinski definition) is 7.